The average molecular weight is 347 g/mol. The van der Waals surface area contributed by atoms with Crippen LogP contribution in [0.3, 0.4) is 0 Å². The summed E-state index contributed by atoms with van der Waals surface area (Å²) in [5, 5.41) is 0. The first-order chi connectivity index (χ1) is 11.4. The summed E-state index contributed by atoms with van der Waals surface area (Å²) in [5.74, 6) is 0.893. The number of ether oxygens (including phenoxy) is 1. The molecule has 0 aliphatic rings. The maximum absolute atomic E-state index is 11.5. The van der Waals surface area contributed by atoms with Gasteiger partial charge in [0.05, 0.1) is 11.5 Å². The van der Waals surface area contributed by atoms with Gasteiger partial charge in [0, 0.05) is 18.8 Å². The van der Waals surface area contributed by atoms with E-state index in [0.29, 0.717) is 11.5 Å². The Morgan fingerprint density at radius 2 is 1.67 bits per heavy atom. The topological polar surface area (TPSA) is 46.6 Å². The molecule has 0 heterocycles. The van der Waals surface area contributed by atoms with Crippen molar-refractivity contribution in [3.63, 3.8) is 0 Å². The van der Waals surface area contributed by atoms with Gasteiger partial charge < -0.3 is 4.74 Å². The number of nitrogens with zero attached hydrogens (tertiary/aromatic N) is 1. The largest absolute Gasteiger partial charge is 0.494 e. The first kappa shape index (κ1) is 18.5. The van der Waals surface area contributed by atoms with Crippen molar-refractivity contribution in [2.45, 2.75) is 24.3 Å². The molecular weight excluding hydrogens is 322 g/mol. The van der Waals surface area contributed by atoms with E-state index in [4.69, 9.17) is 4.74 Å². The molecule has 2 aromatic rings. The van der Waals surface area contributed by atoms with Crippen LogP contribution in [-0.4, -0.2) is 39.8 Å². The molecule has 2 rings (SSSR count). The second-order valence-electron chi connectivity index (χ2n) is 6.01. The van der Waals surface area contributed by atoms with E-state index in [1.54, 1.807) is 12.1 Å². The van der Waals surface area contributed by atoms with E-state index in [1.807, 2.05) is 42.5 Å². The number of rotatable bonds is 8. The molecule has 0 saturated heterocycles. The van der Waals surface area contributed by atoms with Crippen LogP contribution >= 0.6 is 0 Å². The monoisotopic (exact) mass is 347 g/mol. The van der Waals surface area contributed by atoms with Crippen molar-refractivity contribution in [2.75, 3.05) is 26.5 Å². The van der Waals surface area contributed by atoms with Gasteiger partial charge in [0.15, 0.2) is 9.84 Å². The lowest BCUT2D eigenvalue weighted by atomic mass is 10.1. The normalized spacial score (nSPS) is 13.0. The molecule has 24 heavy (non-hydrogen) atoms. The fraction of sp³-hybridized carbons (Fsp3) is 0.368. The zero-order chi connectivity index (χ0) is 17.6. The summed E-state index contributed by atoms with van der Waals surface area (Å²) in [7, 11) is -1.07. The molecule has 0 aliphatic heterocycles. The summed E-state index contributed by atoms with van der Waals surface area (Å²) in [6, 6.07) is 17.1. The first-order valence-electron chi connectivity index (χ1n) is 8.06. The van der Waals surface area contributed by atoms with E-state index in [0.717, 1.165) is 24.3 Å². The van der Waals surface area contributed by atoms with Gasteiger partial charge in [-0.1, -0.05) is 30.3 Å². The van der Waals surface area contributed by atoms with Crippen LogP contribution in [0.2, 0.25) is 0 Å². The Morgan fingerprint density at radius 3 is 2.25 bits per heavy atom. The highest BCUT2D eigenvalue weighted by atomic mass is 32.2. The lowest BCUT2D eigenvalue weighted by molar-refractivity contribution is 0.226. The van der Waals surface area contributed by atoms with Gasteiger partial charge in [-0.05, 0) is 50.2 Å². The van der Waals surface area contributed by atoms with Crippen molar-refractivity contribution in [1.29, 1.82) is 0 Å². The minimum absolute atomic E-state index is 0.218. The molecule has 4 nitrogen and oxygen atoms in total. The van der Waals surface area contributed by atoms with E-state index >= 15 is 0 Å². The SMILES string of the molecule is CC(c1ccc(S(C)(=O)=O)cc1)N(C)CCCOc1ccccc1. The second-order valence-corrected chi connectivity index (χ2v) is 8.03. The molecule has 0 fully saturated rings. The number of hydrogen-bond acceptors (Lipinski definition) is 4. The van der Waals surface area contributed by atoms with Crippen molar-refractivity contribution in [3.8, 4) is 5.75 Å². The molecule has 1 unspecified atom stereocenters. The third-order valence-electron chi connectivity index (χ3n) is 4.12. The van der Waals surface area contributed by atoms with Gasteiger partial charge in [-0.25, -0.2) is 8.42 Å². The molecule has 0 saturated carbocycles. The molecule has 5 heteroatoms. The fourth-order valence-electron chi connectivity index (χ4n) is 2.46. The fourth-order valence-corrected chi connectivity index (χ4v) is 3.09. The van der Waals surface area contributed by atoms with Crippen LogP contribution in [0, 0.1) is 0 Å². The number of benzene rings is 2. The molecule has 0 bridgehead atoms. The van der Waals surface area contributed by atoms with Crippen LogP contribution in [0.25, 0.3) is 0 Å². The van der Waals surface area contributed by atoms with Crippen LogP contribution in [-0.2, 0) is 9.84 Å². The van der Waals surface area contributed by atoms with Gasteiger partial charge in [-0.2, -0.15) is 0 Å². The van der Waals surface area contributed by atoms with Crippen LogP contribution in [0.15, 0.2) is 59.5 Å². The molecule has 0 aromatic heterocycles. The Kier molecular flexibility index (Phi) is 6.40. The van der Waals surface area contributed by atoms with Crippen molar-refractivity contribution in [3.05, 3.63) is 60.2 Å². The highest BCUT2D eigenvalue weighted by molar-refractivity contribution is 7.90. The molecule has 0 aliphatic carbocycles. The first-order valence-corrected chi connectivity index (χ1v) is 9.95. The van der Waals surface area contributed by atoms with E-state index in [-0.39, 0.29) is 6.04 Å². The summed E-state index contributed by atoms with van der Waals surface area (Å²) in [4.78, 5) is 2.60. The smallest absolute Gasteiger partial charge is 0.175 e. The lowest BCUT2D eigenvalue weighted by Crippen LogP contribution is -2.24. The maximum Gasteiger partial charge on any atom is 0.175 e. The summed E-state index contributed by atoms with van der Waals surface area (Å²) in [6.45, 7) is 3.70. The average Bonchev–Trinajstić information content (AvgIpc) is 2.58. The molecule has 0 spiro atoms. The number of sulfone groups is 1. The standard InChI is InChI=1S/C19H25NO3S/c1-16(17-10-12-19(13-11-17)24(3,21)22)20(2)14-7-15-23-18-8-5-4-6-9-18/h4-6,8-13,16H,7,14-15H2,1-3H3. The Labute approximate surface area is 145 Å². The highest BCUT2D eigenvalue weighted by Gasteiger charge is 2.13. The van der Waals surface area contributed by atoms with E-state index in [2.05, 4.69) is 18.9 Å². The van der Waals surface area contributed by atoms with Gasteiger partial charge in [0.1, 0.15) is 5.75 Å². The van der Waals surface area contributed by atoms with Crippen LogP contribution < -0.4 is 4.74 Å². The highest BCUT2D eigenvalue weighted by Crippen LogP contribution is 2.21. The molecule has 1 atom stereocenters. The van der Waals surface area contributed by atoms with E-state index in [9.17, 15) is 8.42 Å². The maximum atomic E-state index is 11.5. The Bertz CT molecular complexity index is 727. The lowest BCUT2D eigenvalue weighted by Gasteiger charge is -2.25. The van der Waals surface area contributed by atoms with E-state index < -0.39 is 9.84 Å². The quantitative estimate of drug-likeness (QED) is 0.685. The van der Waals surface area contributed by atoms with Crippen molar-refractivity contribution in [2.24, 2.45) is 0 Å². The Hall–Kier alpha value is -1.85. The minimum atomic E-state index is -3.14. The zero-order valence-corrected chi connectivity index (χ0v) is 15.3. The molecule has 0 N–H and O–H groups in total. The zero-order valence-electron chi connectivity index (χ0n) is 14.5. The van der Waals surface area contributed by atoms with Crippen LogP contribution in [0.1, 0.15) is 24.9 Å². The minimum Gasteiger partial charge on any atom is -0.494 e. The van der Waals surface area contributed by atoms with Crippen molar-refractivity contribution < 1.29 is 13.2 Å². The van der Waals surface area contributed by atoms with Gasteiger partial charge in [-0.3, -0.25) is 4.90 Å². The van der Waals surface area contributed by atoms with Gasteiger partial charge >= 0.3 is 0 Å². The summed E-state index contributed by atoms with van der Waals surface area (Å²) in [6.07, 6.45) is 2.15. The van der Waals surface area contributed by atoms with Gasteiger partial charge in [-0.15, -0.1) is 0 Å². The van der Waals surface area contributed by atoms with Gasteiger partial charge in [0.25, 0.3) is 0 Å². The van der Waals surface area contributed by atoms with Crippen LogP contribution in [0.5, 0.6) is 5.75 Å². The molecule has 130 valence electrons. The third kappa shape index (κ3) is 5.35. The van der Waals surface area contributed by atoms with Crippen molar-refractivity contribution in [1.82, 2.24) is 4.90 Å². The molecule has 2 aromatic carbocycles. The summed E-state index contributed by atoms with van der Waals surface area (Å²) >= 11 is 0. The molecule has 0 radical (unpaired) electrons. The molecule has 0 amide bonds. The van der Waals surface area contributed by atoms with Gasteiger partial charge in [0.2, 0.25) is 0 Å². The molecular formula is C19H25NO3S. The predicted octanol–water partition coefficient (Wildman–Crippen LogP) is 3.55. The Morgan fingerprint density at radius 1 is 1.04 bits per heavy atom. The van der Waals surface area contributed by atoms with Crippen molar-refractivity contribution >= 4 is 9.84 Å². The second kappa shape index (κ2) is 8.31. The summed E-state index contributed by atoms with van der Waals surface area (Å²) in [5.41, 5.74) is 1.11. The number of para-hydroxylation sites is 1. The van der Waals surface area contributed by atoms with E-state index in [1.165, 1.54) is 6.26 Å². The Balaban J connectivity index is 1.82. The third-order valence-corrected chi connectivity index (χ3v) is 5.25. The number of hydrogen-bond donors (Lipinski definition) is 0. The van der Waals surface area contributed by atoms with Crippen LogP contribution in [0.4, 0.5) is 0 Å². The summed E-state index contributed by atoms with van der Waals surface area (Å²) < 4.78 is 28.7. The predicted molar refractivity (Wildman–Crippen MR) is 97.2 cm³/mol.